The van der Waals surface area contributed by atoms with Gasteiger partial charge in [-0.1, -0.05) is 297 Å². The zero-order valence-electron chi connectivity index (χ0n) is 57.5. The van der Waals surface area contributed by atoms with Crippen LogP contribution in [0.1, 0.15) is 316 Å². The van der Waals surface area contributed by atoms with Gasteiger partial charge in [0.15, 0.2) is 0 Å². The Morgan fingerprint density at radius 1 is 0.414 bits per heavy atom. The van der Waals surface area contributed by atoms with E-state index in [2.05, 4.69) is 123 Å². The lowest BCUT2D eigenvalue weighted by molar-refractivity contribution is -0.870. The first kappa shape index (κ1) is 83.7. The SMILES string of the molecule is CC/C=C\C/C=C\C/C=C\C/C=C\C/C=C\C/C=C\CCCCCCC(=O)NC(COP(=O)(O)OCC[N+](C)(C)C)C(/C=C/CCCCCCCCCCC)OC(=O)CCCCCCCCCCCCCCCCCCC/C=C\C/C=C\CCCCC. The second-order valence-electron chi connectivity index (χ2n) is 25.4. The van der Waals surface area contributed by atoms with Crippen LogP contribution in [0.4, 0.5) is 0 Å². The van der Waals surface area contributed by atoms with Crippen molar-refractivity contribution in [3.63, 3.8) is 0 Å². The second kappa shape index (κ2) is 65.6. The molecular formula is C77H138N2O7P+. The number of quaternary nitrogens is 1. The Morgan fingerprint density at radius 2 is 0.736 bits per heavy atom. The van der Waals surface area contributed by atoms with Crippen LogP contribution in [0.5, 0.6) is 0 Å². The fourth-order valence-electron chi connectivity index (χ4n) is 10.2. The summed E-state index contributed by atoms with van der Waals surface area (Å²) in [6.45, 7) is 6.87. The quantitative estimate of drug-likeness (QED) is 0.0205. The molecule has 0 fully saturated rings. The second-order valence-corrected chi connectivity index (χ2v) is 26.8. The molecule has 0 saturated carbocycles. The number of hydrogen-bond acceptors (Lipinski definition) is 6. The molecule has 502 valence electrons. The Balaban J connectivity index is 5.03. The highest BCUT2D eigenvalue weighted by Gasteiger charge is 2.30. The van der Waals surface area contributed by atoms with Crippen molar-refractivity contribution in [3.05, 3.63) is 109 Å². The molecule has 0 rings (SSSR count). The number of hydrogen-bond donors (Lipinski definition) is 2. The first-order valence-electron chi connectivity index (χ1n) is 36.2. The topological polar surface area (TPSA) is 111 Å². The Morgan fingerprint density at radius 3 is 1.13 bits per heavy atom. The molecule has 0 aromatic rings. The molecule has 0 heterocycles. The number of allylic oxidation sites excluding steroid dienone is 17. The summed E-state index contributed by atoms with van der Waals surface area (Å²) in [5.41, 5.74) is 0. The Bertz CT molecular complexity index is 1860. The summed E-state index contributed by atoms with van der Waals surface area (Å²) in [6.07, 6.45) is 91.1. The van der Waals surface area contributed by atoms with Crippen LogP contribution in [0.25, 0.3) is 0 Å². The zero-order chi connectivity index (χ0) is 63.5. The van der Waals surface area contributed by atoms with Gasteiger partial charge in [-0.05, 0) is 115 Å². The van der Waals surface area contributed by atoms with Crippen molar-refractivity contribution < 1.29 is 37.3 Å². The number of likely N-dealkylation sites (N-methyl/N-ethyl adjacent to an activating group) is 1. The lowest BCUT2D eigenvalue weighted by atomic mass is 10.0. The van der Waals surface area contributed by atoms with E-state index in [0.29, 0.717) is 23.9 Å². The maximum absolute atomic E-state index is 13.6. The predicted octanol–water partition coefficient (Wildman–Crippen LogP) is 23.2. The van der Waals surface area contributed by atoms with Gasteiger partial charge >= 0.3 is 13.8 Å². The van der Waals surface area contributed by atoms with Gasteiger partial charge in [-0.3, -0.25) is 18.6 Å². The molecule has 0 saturated heterocycles. The van der Waals surface area contributed by atoms with Crippen LogP contribution >= 0.6 is 7.82 Å². The minimum absolute atomic E-state index is 0.0307. The van der Waals surface area contributed by atoms with Crippen molar-refractivity contribution in [2.45, 2.75) is 328 Å². The van der Waals surface area contributed by atoms with Gasteiger partial charge < -0.3 is 19.4 Å². The molecule has 0 bridgehead atoms. The summed E-state index contributed by atoms with van der Waals surface area (Å²) in [5, 5.41) is 3.05. The van der Waals surface area contributed by atoms with Gasteiger partial charge in [0.25, 0.3) is 0 Å². The third-order valence-corrected chi connectivity index (χ3v) is 16.7. The molecule has 0 spiro atoms. The molecule has 0 aliphatic rings. The van der Waals surface area contributed by atoms with Crippen LogP contribution < -0.4 is 5.32 Å². The molecule has 0 radical (unpaired) electrons. The van der Waals surface area contributed by atoms with Gasteiger partial charge in [0, 0.05) is 12.8 Å². The van der Waals surface area contributed by atoms with Crippen LogP contribution in [0, 0.1) is 0 Å². The van der Waals surface area contributed by atoms with Crippen LogP contribution in [0.2, 0.25) is 0 Å². The fourth-order valence-corrected chi connectivity index (χ4v) is 10.9. The van der Waals surface area contributed by atoms with E-state index in [4.69, 9.17) is 13.8 Å². The smallest absolute Gasteiger partial charge is 0.456 e. The molecular weight excluding hydrogens is 1100 g/mol. The van der Waals surface area contributed by atoms with E-state index in [1.165, 1.54) is 167 Å². The minimum Gasteiger partial charge on any atom is -0.456 e. The normalized spacial score (nSPS) is 14.1. The summed E-state index contributed by atoms with van der Waals surface area (Å²) in [6, 6.07) is -0.869. The van der Waals surface area contributed by atoms with Gasteiger partial charge in [-0.25, -0.2) is 4.57 Å². The summed E-state index contributed by atoms with van der Waals surface area (Å²) < 4.78 is 30.8. The highest BCUT2D eigenvalue weighted by atomic mass is 31.2. The molecule has 9 nitrogen and oxygen atoms in total. The van der Waals surface area contributed by atoms with Gasteiger partial charge in [0.05, 0.1) is 33.8 Å². The summed E-state index contributed by atoms with van der Waals surface area (Å²) in [5.74, 6) is -0.531. The largest absolute Gasteiger partial charge is 0.472 e. The van der Waals surface area contributed by atoms with Gasteiger partial charge in [0.1, 0.15) is 19.3 Å². The summed E-state index contributed by atoms with van der Waals surface area (Å²) >= 11 is 0. The van der Waals surface area contributed by atoms with Crippen molar-refractivity contribution in [3.8, 4) is 0 Å². The molecule has 87 heavy (non-hydrogen) atoms. The number of esters is 1. The van der Waals surface area contributed by atoms with Crippen LogP contribution in [-0.4, -0.2) is 74.3 Å². The van der Waals surface area contributed by atoms with E-state index < -0.39 is 20.0 Å². The number of phosphoric ester groups is 1. The number of ether oxygens (including phenoxy) is 1. The zero-order valence-corrected chi connectivity index (χ0v) is 58.4. The predicted molar refractivity (Wildman–Crippen MR) is 378 cm³/mol. The van der Waals surface area contributed by atoms with E-state index >= 15 is 0 Å². The van der Waals surface area contributed by atoms with E-state index in [1.54, 1.807) is 0 Å². The molecule has 10 heteroatoms. The Hall–Kier alpha value is -3.33. The van der Waals surface area contributed by atoms with Crippen molar-refractivity contribution in [2.75, 3.05) is 40.9 Å². The van der Waals surface area contributed by atoms with Crippen LogP contribution in [-0.2, 0) is 27.9 Å². The molecule has 1 amide bonds. The average Bonchev–Trinajstić information content (AvgIpc) is 3.70. The highest BCUT2D eigenvalue weighted by molar-refractivity contribution is 7.47. The van der Waals surface area contributed by atoms with Crippen LogP contribution in [0.3, 0.4) is 0 Å². The first-order valence-corrected chi connectivity index (χ1v) is 37.7. The fraction of sp³-hybridized carbons (Fsp3) is 0.740. The summed E-state index contributed by atoms with van der Waals surface area (Å²) in [7, 11) is 1.47. The van der Waals surface area contributed by atoms with E-state index in [1.807, 2.05) is 33.3 Å². The summed E-state index contributed by atoms with van der Waals surface area (Å²) in [4.78, 5) is 37.9. The molecule has 3 unspecified atom stereocenters. The van der Waals surface area contributed by atoms with Crippen LogP contribution in [0.15, 0.2) is 109 Å². The molecule has 2 N–H and O–H groups in total. The van der Waals surface area contributed by atoms with Crippen molar-refractivity contribution >= 4 is 19.7 Å². The van der Waals surface area contributed by atoms with Crippen molar-refractivity contribution in [2.24, 2.45) is 0 Å². The van der Waals surface area contributed by atoms with Crippen molar-refractivity contribution in [1.82, 2.24) is 5.32 Å². The number of carbonyl (C=O) groups is 2. The lowest BCUT2D eigenvalue weighted by Crippen LogP contribution is -2.47. The van der Waals surface area contributed by atoms with Gasteiger partial charge in [-0.15, -0.1) is 0 Å². The number of rotatable bonds is 65. The van der Waals surface area contributed by atoms with Gasteiger partial charge in [-0.2, -0.15) is 0 Å². The molecule has 0 aromatic carbocycles. The molecule has 0 aliphatic heterocycles. The first-order chi connectivity index (χ1) is 42.4. The number of phosphoric acid groups is 1. The monoisotopic (exact) mass is 1230 g/mol. The lowest BCUT2D eigenvalue weighted by Gasteiger charge is -2.27. The standard InChI is InChI=1S/C77H137N2O7P/c1-7-10-13-16-19-22-25-27-29-31-33-35-37-38-39-40-42-44-46-48-50-52-55-58-61-64-67-70-77(81)86-75(68-65-62-59-56-53-24-21-18-15-12-9-3)74(73-85-87(82,83)84-72-71-79(4,5)6)78-76(80)69-66-63-60-57-54-51-49-47-45-43-41-36-34-32-30-28-26-23-20-17-14-11-8-2/h11,14,19-20,22-23,27-30,34,36,43,45,49,51,65,68,74-75H,7-10,12-13,15-18,21,24-26,31-33,35,37-42,44,46-48,50,52-64,66-67,69-73H2,1-6H3,(H-,78,80,82,83)/p+1/b14-11-,22-19-,23-20-,29-27-,30-28-,36-34-,45-43-,51-49-,68-65+. The van der Waals surface area contributed by atoms with E-state index in [0.717, 1.165) is 109 Å². The maximum Gasteiger partial charge on any atom is 0.472 e. The number of amides is 1. The Kier molecular flexibility index (Phi) is 63.1. The third kappa shape index (κ3) is 66.9. The number of nitrogens with zero attached hydrogens (tertiary/aromatic N) is 1. The maximum atomic E-state index is 13.6. The number of carbonyl (C=O) groups excluding carboxylic acids is 2. The Labute approximate surface area is 538 Å². The molecule has 0 aliphatic carbocycles. The van der Waals surface area contributed by atoms with E-state index in [-0.39, 0.29) is 31.5 Å². The molecule has 0 aromatic heterocycles. The minimum atomic E-state index is -4.47. The number of unbranched alkanes of at least 4 members (excludes halogenated alkanes) is 33. The highest BCUT2D eigenvalue weighted by Crippen LogP contribution is 2.43. The average molecular weight is 1230 g/mol. The van der Waals surface area contributed by atoms with Gasteiger partial charge in [0.2, 0.25) is 5.91 Å². The number of nitrogens with one attached hydrogen (secondary N) is 1. The van der Waals surface area contributed by atoms with Crippen molar-refractivity contribution in [1.29, 1.82) is 0 Å². The molecule has 3 atom stereocenters. The third-order valence-electron chi connectivity index (χ3n) is 15.7. The van der Waals surface area contributed by atoms with E-state index in [9.17, 15) is 19.0 Å².